The molecule has 4 atom stereocenters. The Morgan fingerprint density at radius 1 is 0.649 bits per heavy atom. The number of carbonyl (C=O) groups excluding carboxylic acids is 8. The molecule has 306 valence electrons. The predicted octanol–water partition coefficient (Wildman–Crippen LogP) is 1.45. The van der Waals surface area contributed by atoms with Gasteiger partial charge in [0, 0.05) is 11.8 Å². The SMILES string of the molecule is COC(=O)CC[C@H](NC(=O)[C@H](CC(=O)OC)NC(=O)c1ccc2ccccc2n1)C(=O)N[C@H](C(=O)N[C@@H](CC(=O)OC)C(=O)COc1c(F)cccc1F)C(C)C. The van der Waals surface area contributed by atoms with Gasteiger partial charge in [0.25, 0.3) is 5.91 Å². The van der Waals surface area contributed by atoms with Crippen molar-refractivity contribution in [3.05, 3.63) is 71.9 Å². The van der Waals surface area contributed by atoms with E-state index in [2.05, 4.69) is 40.5 Å². The molecule has 0 radical (unpaired) electrons. The van der Waals surface area contributed by atoms with E-state index >= 15 is 0 Å². The number of aromatic nitrogens is 1. The Hall–Kier alpha value is -6.53. The fourth-order valence-electron chi connectivity index (χ4n) is 5.20. The van der Waals surface area contributed by atoms with Gasteiger partial charge in [-0.3, -0.25) is 38.4 Å². The second-order valence-electron chi connectivity index (χ2n) is 12.7. The maximum absolute atomic E-state index is 14.1. The van der Waals surface area contributed by atoms with Crippen molar-refractivity contribution in [1.29, 1.82) is 0 Å². The number of Topliss-reactive ketones (excluding diaryl/α,β-unsaturated/α-hetero) is 1. The third-order valence-electron chi connectivity index (χ3n) is 8.38. The number of ketones is 1. The summed E-state index contributed by atoms with van der Waals surface area (Å²) >= 11 is 0. The number of para-hydroxylation sites is 2. The molecular formula is C38H43F2N5O12. The minimum absolute atomic E-state index is 0.0860. The fraction of sp³-hybridized carbons (Fsp3) is 0.395. The van der Waals surface area contributed by atoms with Gasteiger partial charge in [-0.05, 0) is 36.6 Å². The summed E-state index contributed by atoms with van der Waals surface area (Å²) in [5.74, 6) is -11.2. The van der Waals surface area contributed by atoms with Gasteiger partial charge in [0.15, 0.2) is 23.2 Å². The number of benzene rings is 2. The molecule has 0 unspecified atom stereocenters. The highest BCUT2D eigenvalue weighted by Crippen LogP contribution is 2.21. The lowest BCUT2D eigenvalue weighted by Gasteiger charge is -2.27. The first-order valence-corrected chi connectivity index (χ1v) is 17.5. The molecule has 0 spiro atoms. The third-order valence-corrected chi connectivity index (χ3v) is 8.38. The molecule has 1 aromatic heterocycles. The van der Waals surface area contributed by atoms with Crippen molar-refractivity contribution < 1.29 is 66.1 Å². The number of hydrogen-bond acceptors (Lipinski definition) is 13. The van der Waals surface area contributed by atoms with Crippen molar-refractivity contribution in [3.63, 3.8) is 0 Å². The van der Waals surface area contributed by atoms with Crippen molar-refractivity contribution in [1.82, 2.24) is 26.3 Å². The largest absolute Gasteiger partial charge is 0.480 e. The van der Waals surface area contributed by atoms with Crippen LogP contribution in [0.15, 0.2) is 54.6 Å². The Bertz CT molecular complexity index is 1960. The summed E-state index contributed by atoms with van der Waals surface area (Å²) < 4.78 is 47.2. The van der Waals surface area contributed by atoms with Crippen molar-refractivity contribution in [3.8, 4) is 5.75 Å². The number of ether oxygens (including phenoxy) is 4. The lowest BCUT2D eigenvalue weighted by molar-refractivity contribution is -0.144. The Kier molecular flexibility index (Phi) is 16.9. The van der Waals surface area contributed by atoms with Crippen LogP contribution in [0, 0.1) is 17.6 Å². The van der Waals surface area contributed by atoms with Gasteiger partial charge in [-0.2, -0.15) is 0 Å². The van der Waals surface area contributed by atoms with Crippen molar-refractivity contribution in [2.75, 3.05) is 27.9 Å². The van der Waals surface area contributed by atoms with E-state index in [1.165, 1.54) is 19.9 Å². The van der Waals surface area contributed by atoms with Crippen LogP contribution in [0.3, 0.4) is 0 Å². The van der Waals surface area contributed by atoms with E-state index in [0.29, 0.717) is 5.52 Å². The number of carbonyl (C=O) groups is 8. The Balaban J connectivity index is 1.82. The lowest BCUT2D eigenvalue weighted by atomic mass is 10.0. The number of fused-ring (bicyclic) bond motifs is 1. The molecule has 1 heterocycles. The molecule has 0 aliphatic rings. The molecule has 0 saturated carbocycles. The molecule has 17 nitrogen and oxygen atoms in total. The zero-order valence-electron chi connectivity index (χ0n) is 31.7. The van der Waals surface area contributed by atoms with E-state index in [-0.39, 0.29) is 12.1 Å². The minimum Gasteiger partial charge on any atom is -0.480 e. The summed E-state index contributed by atoms with van der Waals surface area (Å²) in [6.45, 7) is 2.08. The van der Waals surface area contributed by atoms with Crippen LogP contribution in [0.1, 0.15) is 50.0 Å². The number of nitrogens with one attached hydrogen (secondary N) is 4. The van der Waals surface area contributed by atoms with Crippen LogP contribution >= 0.6 is 0 Å². The van der Waals surface area contributed by atoms with Crippen LogP contribution in [0.2, 0.25) is 0 Å². The number of esters is 3. The van der Waals surface area contributed by atoms with E-state index in [1.807, 2.05) is 0 Å². The van der Waals surface area contributed by atoms with E-state index < -0.39 is 121 Å². The van der Waals surface area contributed by atoms with Crippen molar-refractivity contribution in [2.24, 2.45) is 5.92 Å². The number of pyridine rings is 1. The van der Waals surface area contributed by atoms with Gasteiger partial charge in [0.2, 0.25) is 17.7 Å². The highest BCUT2D eigenvalue weighted by atomic mass is 19.1. The van der Waals surface area contributed by atoms with Gasteiger partial charge >= 0.3 is 17.9 Å². The number of amides is 4. The van der Waals surface area contributed by atoms with Crippen LogP contribution in [-0.4, -0.2) is 104 Å². The second-order valence-corrected chi connectivity index (χ2v) is 12.7. The Morgan fingerprint density at radius 3 is 1.84 bits per heavy atom. The van der Waals surface area contributed by atoms with E-state index in [1.54, 1.807) is 30.3 Å². The van der Waals surface area contributed by atoms with Gasteiger partial charge in [-0.15, -0.1) is 0 Å². The average molecular weight is 800 g/mol. The van der Waals surface area contributed by atoms with E-state index in [9.17, 15) is 47.1 Å². The van der Waals surface area contributed by atoms with Crippen LogP contribution in [-0.2, 0) is 47.8 Å². The smallest absolute Gasteiger partial charge is 0.308 e. The minimum atomic E-state index is -1.65. The summed E-state index contributed by atoms with van der Waals surface area (Å²) in [5.41, 5.74) is 0.395. The van der Waals surface area contributed by atoms with Crippen molar-refractivity contribution in [2.45, 2.75) is 63.7 Å². The molecule has 0 saturated heterocycles. The first kappa shape index (κ1) is 44.9. The summed E-state index contributed by atoms with van der Waals surface area (Å²) in [7, 11) is 3.19. The Labute approximate surface area is 325 Å². The maximum atomic E-state index is 14.1. The molecule has 4 N–H and O–H groups in total. The standard InChI is InChI=1S/C38H43F2N5O12/c1-20(2)33(38(53)43-27(17-31(48)55-4)29(46)19-57-34-22(39)10-8-11-23(34)40)45-36(51)26(15-16-30(47)54-3)42-37(52)28(18-32(49)56-5)44-35(50)25-14-13-21-9-6-7-12-24(21)41-25/h6-14,20,26-28,33H,15-19H2,1-5H3,(H,42,52)(H,43,53)(H,44,50)(H,45,51)/t26-,27-,28-,33-/m0/s1. The van der Waals surface area contributed by atoms with E-state index in [0.717, 1.165) is 44.9 Å². The molecular weight excluding hydrogens is 756 g/mol. The monoisotopic (exact) mass is 799 g/mol. The number of nitrogens with zero attached hydrogens (tertiary/aromatic N) is 1. The topological polar surface area (TPSA) is 234 Å². The predicted molar refractivity (Wildman–Crippen MR) is 195 cm³/mol. The zero-order chi connectivity index (χ0) is 42.2. The third kappa shape index (κ3) is 13.3. The number of rotatable bonds is 20. The molecule has 4 amide bonds. The molecule has 19 heteroatoms. The Morgan fingerprint density at radius 2 is 1.23 bits per heavy atom. The molecule has 0 bridgehead atoms. The molecule has 3 rings (SSSR count). The second kappa shape index (κ2) is 21.5. The maximum Gasteiger partial charge on any atom is 0.308 e. The first-order valence-electron chi connectivity index (χ1n) is 17.5. The number of methoxy groups -OCH3 is 3. The molecule has 57 heavy (non-hydrogen) atoms. The van der Waals surface area contributed by atoms with Crippen LogP contribution in [0.5, 0.6) is 5.75 Å². The summed E-state index contributed by atoms with van der Waals surface area (Å²) in [6, 6.07) is 6.58. The number of halogens is 2. The number of hydrogen-bond donors (Lipinski definition) is 4. The molecule has 0 aliphatic carbocycles. The van der Waals surface area contributed by atoms with Crippen LogP contribution < -0.4 is 26.0 Å². The van der Waals surface area contributed by atoms with Gasteiger partial charge in [0.1, 0.15) is 36.5 Å². The molecule has 0 fully saturated rings. The zero-order valence-corrected chi connectivity index (χ0v) is 31.7. The summed E-state index contributed by atoms with van der Waals surface area (Å²) in [4.78, 5) is 108. The van der Waals surface area contributed by atoms with Gasteiger partial charge in [-0.1, -0.05) is 44.2 Å². The van der Waals surface area contributed by atoms with Crippen molar-refractivity contribution >= 4 is 58.2 Å². The quantitative estimate of drug-likeness (QED) is 0.0938. The summed E-state index contributed by atoms with van der Waals surface area (Å²) in [6.07, 6.45) is -2.17. The fourth-order valence-corrected chi connectivity index (χ4v) is 5.20. The highest BCUT2D eigenvalue weighted by Gasteiger charge is 2.35. The van der Waals surface area contributed by atoms with Gasteiger partial charge in [-0.25, -0.2) is 13.8 Å². The van der Waals surface area contributed by atoms with E-state index in [4.69, 9.17) is 4.74 Å². The van der Waals surface area contributed by atoms with Gasteiger partial charge in [0.05, 0.1) is 39.7 Å². The van der Waals surface area contributed by atoms with Crippen LogP contribution in [0.25, 0.3) is 10.9 Å². The lowest BCUT2D eigenvalue weighted by Crippen LogP contribution is -2.59. The normalized spacial score (nSPS) is 12.9. The first-order chi connectivity index (χ1) is 27.1. The van der Waals surface area contributed by atoms with Crippen LogP contribution in [0.4, 0.5) is 8.78 Å². The molecule has 2 aromatic carbocycles. The highest BCUT2D eigenvalue weighted by molar-refractivity contribution is 6.00. The molecule has 0 aliphatic heterocycles. The van der Waals surface area contributed by atoms with Gasteiger partial charge < -0.3 is 40.2 Å². The molecule has 3 aromatic rings. The average Bonchev–Trinajstić information content (AvgIpc) is 3.19. The summed E-state index contributed by atoms with van der Waals surface area (Å²) in [5, 5.41) is 10.3.